The summed E-state index contributed by atoms with van der Waals surface area (Å²) in [7, 11) is 0. The number of fused-ring (bicyclic) bond motifs is 1. The van der Waals surface area contributed by atoms with E-state index in [2.05, 4.69) is 6.92 Å². The zero-order valence-corrected chi connectivity index (χ0v) is 21.6. The van der Waals surface area contributed by atoms with Crippen molar-refractivity contribution in [3.8, 4) is 5.75 Å². The maximum Gasteiger partial charge on any atom is 0.331 e. The molecule has 1 saturated heterocycles. The number of aliphatic carboxylic acids is 1. The Labute approximate surface area is 221 Å². The van der Waals surface area contributed by atoms with Crippen molar-refractivity contribution >= 4 is 17.6 Å². The third-order valence-corrected chi connectivity index (χ3v) is 6.71. The number of ether oxygens (including phenoxy) is 2. The Balaban J connectivity index is 1.66. The summed E-state index contributed by atoms with van der Waals surface area (Å²) in [6.07, 6.45) is 4.10. The molecule has 2 aliphatic heterocycles. The summed E-state index contributed by atoms with van der Waals surface area (Å²) in [5, 5.41) is 21.2. The molecule has 0 spiro atoms. The highest BCUT2D eigenvalue weighted by Crippen LogP contribution is 2.40. The predicted octanol–water partition coefficient (Wildman–Crippen LogP) is 4.43. The Kier molecular flexibility index (Phi) is 9.54. The standard InChI is InChI=1S/C28H35FN2O7/c1-2-3-13-31(37-16-7-14-32)23-9-6-8-20-22(23)18-30(27(20)33)26(28(34)35)21-17-19(29)11-12-24(21)38-25-10-4-5-15-36-25/h6,8-9,11-12,17,25-26,32H,2-5,7,10,13-16,18H2,1H3,(H,34,35). The summed E-state index contributed by atoms with van der Waals surface area (Å²) in [5.41, 5.74) is 1.73. The summed E-state index contributed by atoms with van der Waals surface area (Å²) in [6.45, 7) is 3.45. The van der Waals surface area contributed by atoms with Crippen LogP contribution in [0.4, 0.5) is 10.1 Å². The number of rotatable bonds is 13. The molecule has 2 unspecified atom stereocenters. The third kappa shape index (κ3) is 6.25. The van der Waals surface area contributed by atoms with Gasteiger partial charge in [0.15, 0.2) is 12.3 Å². The van der Waals surface area contributed by atoms with Gasteiger partial charge in [-0.15, -0.1) is 0 Å². The maximum absolute atomic E-state index is 14.4. The van der Waals surface area contributed by atoms with Crippen molar-refractivity contribution in [1.29, 1.82) is 0 Å². The van der Waals surface area contributed by atoms with Crippen LogP contribution in [0.1, 0.15) is 73.0 Å². The van der Waals surface area contributed by atoms with Gasteiger partial charge in [-0.1, -0.05) is 19.4 Å². The van der Waals surface area contributed by atoms with Crippen LogP contribution in [0.15, 0.2) is 36.4 Å². The van der Waals surface area contributed by atoms with Gasteiger partial charge in [-0.3, -0.25) is 14.7 Å². The molecule has 38 heavy (non-hydrogen) atoms. The monoisotopic (exact) mass is 530 g/mol. The fraction of sp³-hybridized carbons (Fsp3) is 0.500. The number of carboxylic acid groups (broad SMARTS) is 1. The van der Waals surface area contributed by atoms with Gasteiger partial charge in [0.05, 0.1) is 25.4 Å². The molecule has 0 aromatic heterocycles. The average molecular weight is 531 g/mol. The molecule has 0 aliphatic carbocycles. The Hall–Kier alpha value is -3.21. The normalized spacial score (nSPS) is 17.8. The number of benzene rings is 2. The van der Waals surface area contributed by atoms with Crippen LogP contribution in [0.3, 0.4) is 0 Å². The van der Waals surface area contributed by atoms with Crippen molar-refractivity contribution in [3.05, 3.63) is 58.9 Å². The molecule has 0 radical (unpaired) electrons. The van der Waals surface area contributed by atoms with Gasteiger partial charge in [0.1, 0.15) is 11.6 Å². The van der Waals surface area contributed by atoms with E-state index in [-0.39, 0.29) is 24.5 Å². The van der Waals surface area contributed by atoms with E-state index in [1.165, 1.54) is 17.0 Å². The molecule has 2 aliphatic rings. The van der Waals surface area contributed by atoms with Crippen LogP contribution in [-0.4, -0.2) is 59.6 Å². The number of unbranched alkanes of at least 4 members (excludes halogenated alkanes) is 1. The number of aliphatic hydroxyl groups excluding tert-OH is 1. The highest BCUT2D eigenvalue weighted by molar-refractivity contribution is 6.02. The number of carbonyl (C=O) groups excluding carboxylic acids is 1. The fourth-order valence-corrected chi connectivity index (χ4v) is 4.80. The largest absolute Gasteiger partial charge is 0.479 e. The fourth-order valence-electron chi connectivity index (χ4n) is 4.80. The highest BCUT2D eigenvalue weighted by atomic mass is 19.1. The number of hydrogen-bond acceptors (Lipinski definition) is 7. The van der Waals surface area contributed by atoms with Gasteiger partial charge in [-0.05, 0) is 56.0 Å². The Morgan fingerprint density at radius 2 is 2.11 bits per heavy atom. The minimum absolute atomic E-state index is 0.00315. The first-order valence-corrected chi connectivity index (χ1v) is 13.2. The number of carboxylic acids is 1. The van der Waals surface area contributed by atoms with Gasteiger partial charge in [-0.2, -0.15) is 0 Å². The lowest BCUT2D eigenvalue weighted by atomic mass is 10.0. The molecule has 4 rings (SSSR count). The van der Waals surface area contributed by atoms with Crippen molar-refractivity contribution in [2.45, 2.75) is 64.3 Å². The molecule has 9 nitrogen and oxygen atoms in total. The third-order valence-electron chi connectivity index (χ3n) is 6.71. The molecule has 2 aromatic carbocycles. The first-order valence-electron chi connectivity index (χ1n) is 13.2. The van der Waals surface area contributed by atoms with E-state index in [9.17, 15) is 19.1 Å². The first-order chi connectivity index (χ1) is 18.4. The molecule has 1 fully saturated rings. The van der Waals surface area contributed by atoms with Crippen molar-refractivity contribution in [2.75, 3.05) is 31.4 Å². The van der Waals surface area contributed by atoms with Crippen molar-refractivity contribution < 1.29 is 38.5 Å². The number of carbonyl (C=O) groups is 2. The second-order valence-corrected chi connectivity index (χ2v) is 9.44. The van der Waals surface area contributed by atoms with Crippen LogP contribution in [0.25, 0.3) is 0 Å². The zero-order chi connectivity index (χ0) is 27.1. The average Bonchev–Trinajstić information content (AvgIpc) is 3.24. The number of halogens is 1. The van der Waals surface area contributed by atoms with Gasteiger partial charge < -0.3 is 24.6 Å². The lowest BCUT2D eigenvalue weighted by Crippen LogP contribution is -2.35. The van der Waals surface area contributed by atoms with Gasteiger partial charge in [0.2, 0.25) is 0 Å². The van der Waals surface area contributed by atoms with E-state index in [0.717, 1.165) is 31.7 Å². The van der Waals surface area contributed by atoms with Crippen LogP contribution >= 0.6 is 0 Å². The number of aliphatic hydroxyl groups is 1. The van der Waals surface area contributed by atoms with Crippen molar-refractivity contribution in [2.24, 2.45) is 0 Å². The molecule has 10 heteroatoms. The van der Waals surface area contributed by atoms with Gasteiger partial charge >= 0.3 is 5.97 Å². The molecular weight excluding hydrogens is 495 g/mol. The Bertz CT molecular complexity index is 1120. The van der Waals surface area contributed by atoms with Crippen molar-refractivity contribution in [1.82, 2.24) is 4.90 Å². The molecule has 2 heterocycles. The lowest BCUT2D eigenvalue weighted by molar-refractivity contribution is -0.143. The van der Waals surface area contributed by atoms with E-state index in [0.29, 0.717) is 49.4 Å². The number of nitrogens with zero attached hydrogens (tertiary/aromatic N) is 2. The van der Waals surface area contributed by atoms with Gasteiger partial charge in [0, 0.05) is 36.3 Å². The van der Waals surface area contributed by atoms with E-state index in [1.807, 2.05) is 6.07 Å². The Morgan fingerprint density at radius 1 is 1.26 bits per heavy atom. The van der Waals surface area contributed by atoms with Gasteiger partial charge in [-0.25, -0.2) is 9.18 Å². The Morgan fingerprint density at radius 3 is 2.82 bits per heavy atom. The minimum Gasteiger partial charge on any atom is -0.479 e. The summed E-state index contributed by atoms with van der Waals surface area (Å²) >= 11 is 0. The first kappa shape index (κ1) is 27.8. The second kappa shape index (κ2) is 13.0. The van der Waals surface area contributed by atoms with Crippen LogP contribution in [0.5, 0.6) is 5.75 Å². The smallest absolute Gasteiger partial charge is 0.331 e. The lowest BCUT2D eigenvalue weighted by Gasteiger charge is -2.29. The predicted molar refractivity (Wildman–Crippen MR) is 137 cm³/mol. The van der Waals surface area contributed by atoms with Gasteiger partial charge in [0.25, 0.3) is 5.91 Å². The molecule has 2 atom stereocenters. The maximum atomic E-state index is 14.4. The quantitative estimate of drug-likeness (QED) is 0.289. The number of anilines is 1. The summed E-state index contributed by atoms with van der Waals surface area (Å²) in [5.74, 6) is -2.22. The van der Waals surface area contributed by atoms with E-state index >= 15 is 0 Å². The van der Waals surface area contributed by atoms with Crippen LogP contribution < -0.4 is 9.80 Å². The number of hydrogen-bond donors (Lipinski definition) is 2. The van der Waals surface area contributed by atoms with Crippen LogP contribution in [0, 0.1) is 5.82 Å². The highest BCUT2D eigenvalue weighted by Gasteiger charge is 2.41. The molecular formula is C28H35FN2O7. The molecule has 2 aromatic rings. The number of amides is 1. The minimum atomic E-state index is -1.48. The van der Waals surface area contributed by atoms with Crippen LogP contribution in [0.2, 0.25) is 0 Å². The second-order valence-electron chi connectivity index (χ2n) is 9.44. The molecule has 206 valence electrons. The zero-order valence-electron chi connectivity index (χ0n) is 21.6. The molecule has 2 N–H and O–H groups in total. The summed E-state index contributed by atoms with van der Waals surface area (Å²) in [4.78, 5) is 33.3. The molecule has 0 saturated carbocycles. The SMILES string of the molecule is CCCCN(OCCCO)c1cccc2c1CN(C(C(=O)O)c1cc(F)ccc1OC1CCCCO1)C2=O. The van der Waals surface area contributed by atoms with E-state index in [4.69, 9.17) is 19.4 Å². The molecule has 1 amide bonds. The van der Waals surface area contributed by atoms with E-state index in [1.54, 1.807) is 17.2 Å². The van der Waals surface area contributed by atoms with Crippen molar-refractivity contribution in [3.63, 3.8) is 0 Å². The number of hydroxylamine groups is 1. The topological polar surface area (TPSA) is 109 Å². The van der Waals surface area contributed by atoms with Crippen LogP contribution in [-0.2, 0) is 20.9 Å². The summed E-state index contributed by atoms with van der Waals surface area (Å²) in [6, 6.07) is 7.45. The van der Waals surface area contributed by atoms with E-state index < -0.39 is 30.0 Å². The summed E-state index contributed by atoms with van der Waals surface area (Å²) < 4.78 is 26.0. The molecule has 0 bridgehead atoms.